The number of primary sulfonamides is 1. The van der Waals surface area contributed by atoms with Crippen molar-refractivity contribution in [2.75, 3.05) is 6.61 Å². The van der Waals surface area contributed by atoms with Crippen LogP contribution in [0.5, 0.6) is 0 Å². The molecule has 0 aliphatic carbocycles. The number of carbonyl (C=O) groups is 2. The van der Waals surface area contributed by atoms with Gasteiger partial charge in [0.05, 0.1) is 10.6 Å². The largest absolute Gasteiger partial charge is 0.454 e. The monoisotopic (exact) mass is 333 g/mol. The van der Waals surface area contributed by atoms with E-state index in [1.54, 1.807) is 20.8 Å². The molecular formula is C13H16ClNO5S. The van der Waals surface area contributed by atoms with E-state index >= 15 is 0 Å². The van der Waals surface area contributed by atoms with Gasteiger partial charge in [0.15, 0.2) is 12.4 Å². The number of halogens is 1. The Labute approximate surface area is 128 Å². The first-order valence-corrected chi connectivity index (χ1v) is 7.88. The Bertz CT molecular complexity index is 676. The summed E-state index contributed by atoms with van der Waals surface area (Å²) >= 11 is 5.71. The van der Waals surface area contributed by atoms with E-state index in [0.717, 1.165) is 6.07 Å². The molecule has 0 amide bonds. The normalized spacial score (nSPS) is 12.0. The van der Waals surface area contributed by atoms with E-state index in [0.29, 0.717) is 0 Å². The molecule has 1 aromatic rings. The molecule has 116 valence electrons. The summed E-state index contributed by atoms with van der Waals surface area (Å²) in [5.41, 5.74) is -0.684. The maximum Gasteiger partial charge on any atom is 0.338 e. The quantitative estimate of drug-likeness (QED) is 0.845. The Hall–Kier alpha value is -1.44. The average molecular weight is 334 g/mol. The van der Waals surface area contributed by atoms with Crippen LogP contribution in [0.3, 0.4) is 0 Å². The molecule has 0 aromatic heterocycles. The number of ketones is 1. The number of sulfonamides is 1. The lowest BCUT2D eigenvalue weighted by atomic mass is 9.91. The van der Waals surface area contributed by atoms with Crippen molar-refractivity contribution in [1.29, 1.82) is 0 Å². The molecule has 1 aromatic carbocycles. The third kappa shape index (κ3) is 4.80. The van der Waals surface area contributed by atoms with Crippen molar-refractivity contribution in [2.24, 2.45) is 10.6 Å². The van der Waals surface area contributed by atoms with Crippen LogP contribution in [0.2, 0.25) is 5.02 Å². The number of hydrogen-bond donors (Lipinski definition) is 1. The summed E-state index contributed by atoms with van der Waals surface area (Å²) in [6.45, 7) is 4.70. The van der Waals surface area contributed by atoms with Gasteiger partial charge in [0.1, 0.15) is 4.90 Å². The summed E-state index contributed by atoms with van der Waals surface area (Å²) in [6.07, 6.45) is 0. The third-order valence-corrected chi connectivity index (χ3v) is 4.04. The number of rotatable bonds is 4. The number of esters is 1. The third-order valence-electron chi connectivity index (χ3n) is 2.64. The van der Waals surface area contributed by atoms with E-state index in [9.17, 15) is 18.0 Å². The van der Waals surface area contributed by atoms with Crippen molar-refractivity contribution >= 4 is 33.4 Å². The highest BCUT2D eigenvalue weighted by Crippen LogP contribution is 2.22. The molecule has 0 atom stereocenters. The second-order valence-corrected chi connectivity index (χ2v) is 7.38. The maximum absolute atomic E-state index is 11.8. The molecule has 0 saturated heterocycles. The highest BCUT2D eigenvalue weighted by atomic mass is 35.5. The second-order valence-electron chi connectivity index (χ2n) is 5.44. The van der Waals surface area contributed by atoms with Crippen LogP contribution in [0.25, 0.3) is 0 Å². The maximum atomic E-state index is 11.8. The number of Topliss-reactive ketones (excluding diaryl/α,β-unsaturated/α-hetero) is 1. The van der Waals surface area contributed by atoms with E-state index in [-0.39, 0.29) is 21.3 Å². The molecule has 6 nitrogen and oxygen atoms in total. The van der Waals surface area contributed by atoms with Gasteiger partial charge in [-0.15, -0.1) is 0 Å². The van der Waals surface area contributed by atoms with Crippen LogP contribution in [-0.4, -0.2) is 26.8 Å². The van der Waals surface area contributed by atoms with Crippen LogP contribution in [0.1, 0.15) is 31.1 Å². The molecule has 0 heterocycles. The number of nitrogens with two attached hydrogens (primary N) is 1. The minimum Gasteiger partial charge on any atom is -0.454 e. The molecule has 0 spiro atoms. The summed E-state index contributed by atoms with van der Waals surface area (Å²) in [4.78, 5) is 23.1. The fraction of sp³-hybridized carbons (Fsp3) is 0.385. The van der Waals surface area contributed by atoms with Crippen LogP contribution < -0.4 is 5.14 Å². The van der Waals surface area contributed by atoms with E-state index in [4.69, 9.17) is 21.5 Å². The van der Waals surface area contributed by atoms with Gasteiger partial charge in [-0.3, -0.25) is 4.79 Å². The van der Waals surface area contributed by atoms with Crippen molar-refractivity contribution in [2.45, 2.75) is 25.7 Å². The Kier molecular flexibility index (Phi) is 5.14. The van der Waals surface area contributed by atoms with Gasteiger partial charge in [0.25, 0.3) is 0 Å². The van der Waals surface area contributed by atoms with E-state index in [2.05, 4.69) is 0 Å². The minimum absolute atomic E-state index is 0.0508. The van der Waals surface area contributed by atoms with Gasteiger partial charge in [-0.2, -0.15) is 0 Å². The minimum atomic E-state index is -4.05. The molecule has 0 saturated carbocycles. The second kappa shape index (κ2) is 6.13. The van der Waals surface area contributed by atoms with Gasteiger partial charge in [0.2, 0.25) is 10.0 Å². The lowest BCUT2D eigenvalue weighted by Crippen LogP contribution is -2.26. The molecule has 21 heavy (non-hydrogen) atoms. The topological polar surface area (TPSA) is 104 Å². The first kappa shape index (κ1) is 17.6. The summed E-state index contributed by atoms with van der Waals surface area (Å²) in [6, 6.07) is 3.53. The summed E-state index contributed by atoms with van der Waals surface area (Å²) in [5.74, 6) is -1.08. The zero-order chi connectivity index (χ0) is 16.4. The molecule has 0 aliphatic heterocycles. The molecule has 8 heteroatoms. The molecular weight excluding hydrogens is 318 g/mol. The Morgan fingerprint density at radius 1 is 1.29 bits per heavy atom. The molecule has 0 radical (unpaired) electrons. The first-order valence-electron chi connectivity index (χ1n) is 5.95. The van der Waals surface area contributed by atoms with Crippen LogP contribution in [0, 0.1) is 5.41 Å². The highest BCUT2D eigenvalue weighted by Gasteiger charge is 2.23. The van der Waals surface area contributed by atoms with E-state index in [1.807, 2.05) is 0 Å². The van der Waals surface area contributed by atoms with Gasteiger partial charge < -0.3 is 4.74 Å². The van der Waals surface area contributed by atoms with Gasteiger partial charge in [-0.1, -0.05) is 32.4 Å². The predicted octanol–water partition coefficient (Wildman–Crippen LogP) is 1.76. The number of benzene rings is 1. The van der Waals surface area contributed by atoms with Gasteiger partial charge in [-0.25, -0.2) is 18.4 Å². The lowest BCUT2D eigenvalue weighted by molar-refractivity contribution is -0.129. The standard InChI is InChI=1S/C13H16ClNO5S/c1-13(2,3)11(16)7-20-12(17)8-4-5-9(14)10(6-8)21(15,18)19/h4-6H,7H2,1-3H3,(H2,15,18,19). The van der Waals surface area contributed by atoms with Crippen molar-refractivity contribution in [1.82, 2.24) is 0 Å². The Morgan fingerprint density at radius 2 is 1.86 bits per heavy atom. The zero-order valence-electron chi connectivity index (χ0n) is 11.8. The zero-order valence-corrected chi connectivity index (χ0v) is 13.4. The molecule has 0 aliphatic rings. The van der Waals surface area contributed by atoms with E-state index in [1.165, 1.54) is 12.1 Å². The lowest BCUT2D eigenvalue weighted by Gasteiger charge is -2.16. The molecule has 1 rings (SSSR count). The Balaban J connectivity index is 2.93. The van der Waals surface area contributed by atoms with Crippen LogP contribution in [0.15, 0.2) is 23.1 Å². The van der Waals surface area contributed by atoms with Gasteiger partial charge >= 0.3 is 5.97 Å². The van der Waals surface area contributed by atoms with Crippen molar-refractivity contribution in [3.8, 4) is 0 Å². The fourth-order valence-electron chi connectivity index (χ4n) is 1.28. The summed E-state index contributed by atoms with van der Waals surface area (Å²) in [7, 11) is -4.05. The van der Waals surface area contributed by atoms with E-state index < -0.39 is 28.0 Å². The van der Waals surface area contributed by atoms with Gasteiger partial charge in [0, 0.05) is 5.41 Å². The average Bonchev–Trinajstić information content (AvgIpc) is 2.33. The molecule has 0 fully saturated rings. The van der Waals surface area contributed by atoms with Crippen LogP contribution in [0.4, 0.5) is 0 Å². The molecule has 0 bridgehead atoms. The van der Waals surface area contributed by atoms with Crippen LogP contribution in [-0.2, 0) is 19.6 Å². The SMILES string of the molecule is CC(C)(C)C(=O)COC(=O)c1ccc(Cl)c(S(N)(=O)=O)c1. The molecule has 0 unspecified atom stereocenters. The van der Waals surface area contributed by atoms with Crippen molar-refractivity contribution in [3.05, 3.63) is 28.8 Å². The summed E-state index contributed by atoms with van der Waals surface area (Å²) < 4.78 is 27.5. The smallest absolute Gasteiger partial charge is 0.338 e. The fourth-order valence-corrected chi connectivity index (χ4v) is 2.35. The van der Waals surface area contributed by atoms with Crippen molar-refractivity contribution in [3.63, 3.8) is 0 Å². The van der Waals surface area contributed by atoms with Gasteiger partial charge in [-0.05, 0) is 18.2 Å². The number of carbonyl (C=O) groups excluding carboxylic acids is 2. The van der Waals surface area contributed by atoms with Crippen LogP contribution >= 0.6 is 11.6 Å². The number of ether oxygens (including phenoxy) is 1. The summed E-state index contributed by atoms with van der Waals surface area (Å²) in [5, 5.41) is 4.89. The number of hydrogen-bond acceptors (Lipinski definition) is 5. The first-order chi connectivity index (χ1) is 9.43. The van der Waals surface area contributed by atoms with Crippen molar-refractivity contribution < 1.29 is 22.7 Å². The molecule has 2 N–H and O–H groups in total. The Morgan fingerprint density at radius 3 is 2.33 bits per heavy atom. The predicted molar refractivity (Wildman–Crippen MR) is 77.6 cm³/mol. The highest BCUT2D eigenvalue weighted by molar-refractivity contribution is 7.89.